The highest BCUT2D eigenvalue weighted by atomic mass is 32.1. The highest BCUT2D eigenvalue weighted by Gasteiger charge is 2.33. The first-order valence-electron chi connectivity index (χ1n) is 15.8. The van der Waals surface area contributed by atoms with E-state index in [0.717, 1.165) is 57.5 Å². The minimum Gasteiger partial charge on any atom is -0.392 e. The molecule has 244 valence electrons. The van der Waals surface area contributed by atoms with E-state index in [2.05, 4.69) is 36.0 Å². The van der Waals surface area contributed by atoms with Gasteiger partial charge >= 0.3 is 0 Å². The van der Waals surface area contributed by atoms with Gasteiger partial charge < -0.3 is 19.7 Å². The van der Waals surface area contributed by atoms with Crippen LogP contribution < -0.4 is 15.8 Å². The zero-order chi connectivity index (χ0) is 32.6. The number of rotatable bonds is 12. The maximum Gasteiger partial charge on any atom is 0.274 e. The molecule has 4 aromatic heterocycles. The third-order valence-corrected chi connectivity index (χ3v) is 10.3. The van der Waals surface area contributed by atoms with Crippen LogP contribution in [0, 0.1) is 12.3 Å². The third kappa shape index (κ3) is 6.39. The summed E-state index contributed by atoms with van der Waals surface area (Å²) in [6.45, 7) is 10.8. The van der Waals surface area contributed by atoms with Crippen LogP contribution in [-0.4, -0.2) is 69.1 Å². The molecule has 11 nitrogen and oxygen atoms in total. The summed E-state index contributed by atoms with van der Waals surface area (Å²) >= 11 is 1.87. The van der Waals surface area contributed by atoms with Crippen molar-refractivity contribution in [2.45, 2.75) is 59.7 Å². The zero-order valence-electron chi connectivity index (χ0n) is 27.3. The van der Waals surface area contributed by atoms with Crippen molar-refractivity contribution < 1.29 is 14.6 Å². The number of ether oxygens (including phenoxy) is 1. The lowest BCUT2D eigenvalue weighted by Gasteiger charge is -2.26. The molecule has 2 aliphatic rings. The Morgan fingerprint density at radius 3 is 2.80 bits per heavy atom. The molecule has 0 fully saturated rings. The molecule has 0 radical (unpaired) electrons. The molecule has 0 bridgehead atoms. The third-order valence-electron chi connectivity index (χ3n) is 9.14. The van der Waals surface area contributed by atoms with E-state index in [1.54, 1.807) is 37.5 Å². The lowest BCUT2D eigenvalue weighted by atomic mass is 9.89. The molecule has 0 unspecified atom stereocenters. The summed E-state index contributed by atoms with van der Waals surface area (Å²) < 4.78 is 8.72. The first kappa shape index (κ1) is 32.1. The van der Waals surface area contributed by atoms with Crippen molar-refractivity contribution in [3.8, 4) is 11.1 Å². The highest BCUT2D eigenvalue weighted by Crippen LogP contribution is 2.43. The Kier molecular flexibility index (Phi) is 9.15. The van der Waals surface area contributed by atoms with E-state index in [-0.39, 0.29) is 17.6 Å². The number of carbonyl (C=O) groups excluding carboxylic acids is 1. The Bertz CT molecular complexity index is 1810. The Hall–Kier alpha value is -3.84. The molecule has 1 amide bonds. The number of fused-ring (bicyclic) bond motifs is 2. The van der Waals surface area contributed by atoms with E-state index in [9.17, 15) is 14.7 Å². The van der Waals surface area contributed by atoms with Gasteiger partial charge in [0, 0.05) is 79.7 Å². The number of aromatic nitrogens is 4. The number of nitrogens with zero attached hydrogens (tertiary/aromatic N) is 6. The average molecular weight is 646 g/mol. The molecule has 6 rings (SSSR count). The highest BCUT2D eigenvalue weighted by molar-refractivity contribution is 7.12. The number of aliphatic hydroxyl groups is 1. The van der Waals surface area contributed by atoms with Crippen molar-refractivity contribution in [3.05, 3.63) is 73.1 Å². The lowest BCUT2D eigenvalue weighted by Crippen LogP contribution is -2.35. The van der Waals surface area contributed by atoms with Gasteiger partial charge in [-0.25, -0.2) is 4.98 Å². The number of carbonyl (C=O) groups is 1. The summed E-state index contributed by atoms with van der Waals surface area (Å²) in [5.41, 5.74) is 6.21. The van der Waals surface area contributed by atoms with E-state index in [0.29, 0.717) is 47.2 Å². The number of pyridine rings is 2. The minimum absolute atomic E-state index is 0.201. The van der Waals surface area contributed by atoms with Gasteiger partial charge in [-0.2, -0.15) is 5.10 Å². The van der Waals surface area contributed by atoms with Gasteiger partial charge in [0.25, 0.3) is 5.56 Å². The molecule has 1 aliphatic carbocycles. The summed E-state index contributed by atoms with van der Waals surface area (Å²) in [5.74, 6) is 1.02. The van der Waals surface area contributed by atoms with Crippen molar-refractivity contribution >= 4 is 35.1 Å². The van der Waals surface area contributed by atoms with Crippen LogP contribution in [0.4, 0.5) is 17.3 Å². The molecular weight excluding hydrogens is 602 g/mol. The first-order chi connectivity index (χ1) is 22.1. The van der Waals surface area contributed by atoms with Gasteiger partial charge in [-0.15, -0.1) is 11.3 Å². The van der Waals surface area contributed by atoms with E-state index in [4.69, 9.17) is 9.84 Å². The molecule has 1 aliphatic heterocycles. The number of methoxy groups -OCH3 is 1. The van der Waals surface area contributed by atoms with Gasteiger partial charge in [-0.1, -0.05) is 13.8 Å². The molecule has 0 saturated carbocycles. The number of aryl methyl sites for hydroxylation is 2. The molecule has 4 aromatic rings. The summed E-state index contributed by atoms with van der Waals surface area (Å²) in [6, 6.07) is 5.56. The van der Waals surface area contributed by atoms with Gasteiger partial charge in [0.15, 0.2) is 5.82 Å². The van der Waals surface area contributed by atoms with E-state index in [1.807, 2.05) is 28.2 Å². The molecule has 12 heteroatoms. The van der Waals surface area contributed by atoms with Crippen molar-refractivity contribution in [2.75, 3.05) is 43.6 Å². The van der Waals surface area contributed by atoms with Crippen LogP contribution in [0.25, 0.3) is 11.1 Å². The standard InChI is InChI=1S/C34H43N7O4S/c1-22-25(27-16-34(2,3)17-30(27)46-22)7-9-40(21-43)32-28(20-42)26(6-8-35-32)23-14-29(33(44)38(4)18-23)36-31-15-24-19-39(12-13-45-5)10-11-41(24)37-31/h6,8,14-15,18,21,42H,7,9-13,16-17,19-20H2,1-5H3,(H,36,37). The van der Waals surface area contributed by atoms with Crippen LogP contribution in [0.1, 0.15) is 46.0 Å². The second kappa shape index (κ2) is 13.1. The zero-order valence-corrected chi connectivity index (χ0v) is 28.1. The van der Waals surface area contributed by atoms with E-state index in [1.165, 1.54) is 25.4 Å². The molecule has 0 aromatic carbocycles. The van der Waals surface area contributed by atoms with E-state index < -0.39 is 0 Å². The normalized spacial score (nSPS) is 15.5. The molecule has 0 saturated heterocycles. The number of hydrogen-bond acceptors (Lipinski definition) is 9. The summed E-state index contributed by atoms with van der Waals surface area (Å²) in [6.07, 6.45) is 7.04. The number of anilines is 3. The number of aliphatic hydroxyl groups excluding tert-OH is 1. The second-order valence-electron chi connectivity index (χ2n) is 13.1. The Morgan fingerprint density at radius 2 is 2.04 bits per heavy atom. The fourth-order valence-corrected chi connectivity index (χ4v) is 8.31. The number of nitrogens with one attached hydrogen (secondary N) is 1. The van der Waals surface area contributed by atoms with Crippen LogP contribution in [0.5, 0.6) is 0 Å². The maximum atomic E-state index is 13.2. The Balaban J connectivity index is 1.25. The van der Waals surface area contributed by atoms with Gasteiger partial charge in [0.05, 0.1) is 25.5 Å². The molecule has 0 spiro atoms. The maximum absolute atomic E-state index is 13.2. The van der Waals surface area contributed by atoms with Crippen molar-refractivity contribution in [1.82, 2.24) is 24.2 Å². The average Bonchev–Trinajstić information content (AvgIpc) is 3.66. The van der Waals surface area contributed by atoms with Gasteiger partial charge in [0.1, 0.15) is 11.5 Å². The number of hydrogen-bond donors (Lipinski definition) is 2. The predicted molar refractivity (Wildman–Crippen MR) is 181 cm³/mol. The number of thiophene rings is 1. The van der Waals surface area contributed by atoms with Gasteiger partial charge in [0.2, 0.25) is 6.41 Å². The lowest BCUT2D eigenvalue weighted by molar-refractivity contribution is -0.107. The topological polar surface area (TPSA) is 118 Å². The van der Waals surface area contributed by atoms with Crippen LogP contribution in [0.15, 0.2) is 35.4 Å². The predicted octanol–water partition coefficient (Wildman–Crippen LogP) is 4.04. The quantitative estimate of drug-likeness (QED) is 0.222. The molecule has 46 heavy (non-hydrogen) atoms. The van der Waals surface area contributed by atoms with Crippen molar-refractivity contribution in [2.24, 2.45) is 12.5 Å². The van der Waals surface area contributed by atoms with E-state index >= 15 is 0 Å². The summed E-state index contributed by atoms with van der Waals surface area (Å²) in [7, 11) is 3.40. The summed E-state index contributed by atoms with van der Waals surface area (Å²) in [4.78, 5) is 36.9. The molecule has 5 heterocycles. The largest absolute Gasteiger partial charge is 0.392 e. The van der Waals surface area contributed by atoms with Gasteiger partial charge in [-0.3, -0.25) is 24.1 Å². The SMILES string of the molecule is COCCN1CCn2nc(Nc3cc(-c4ccnc(N(C=O)CCc5c(C)sc6c5CC(C)(C)C6)c4CO)cn(C)c3=O)cc2C1. The van der Waals surface area contributed by atoms with Crippen LogP contribution in [0.2, 0.25) is 0 Å². The van der Waals surface area contributed by atoms with Crippen LogP contribution in [0.3, 0.4) is 0 Å². The van der Waals surface area contributed by atoms with Crippen molar-refractivity contribution in [1.29, 1.82) is 0 Å². The smallest absolute Gasteiger partial charge is 0.274 e. The molecule has 0 atom stereocenters. The monoisotopic (exact) mass is 645 g/mol. The molecular formula is C34H43N7O4S. The van der Waals surface area contributed by atoms with Crippen molar-refractivity contribution in [3.63, 3.8) is 0 Å². The minimum atomic E-state index is -0.317. The fraction of sp³-hybridized carbons (Fsp3) is 0.471. The van der Waals surface area contributed by atoms with Crippen LogP contribution >= 0.6 is 11.3 Å². The fourth-order valence-electron chi connectivity index (χ4n) is 6.82. The Labute approximate surface area is 273 Å². The summed E-state index contributed by atoms with van der Waals surface area (Å²) in [5, 5.41) is 18.5. The number of amides is 1. The Morgan fingerprint density at radius 1 is 1.22 bits per heavy atom. The van der Waals surface area contributed by atoms with Crippen LogP contribution in [-0.2, 0) is 55.5 Å². The first-order valence-corrected chi connectivity index (χ1v) is 16.6. The second-order valence-corrected chi connectivity index (χ2v) is 14.4. The van der Waals surface area contributed by atoms with Gasteiger partial charge in [-0.05, 0) is 60.4 Å². The molecule has 2 N–H and O–H groups in total.